The van der Waals surface area contributed by atoms with Gasteiger partial charge in [0.15, 0.2) is 0 Å². The number of nitrogens with two attached hydrogens (primary N) is 1. The average Bonchev–Trinajstić information content (AvgIpc) is 2.46. The lowest BCUT2D eigenvalue weighted by Crippen LogP contribution is -2.36. The molecule has 0 aliphatic heterocycles. The van der Waals surface area contributed by atoms with Crippen molar-refractivity contribution in [2.24, 2.45) is 5.73 Å². The molecule has 0 saturated carbocycles. The molecule has 1 aromatic carbocycles. The minimum absolute atomic E-state index is 0.178. The summed E-state index contributed by atoms with van der Waals surface area (Å²) >= 11 is 1.83. The lowest BCUT2D eigenvalue weighted by molar-refractivity contribution is 0.1000. The largest absolute Gasteiger partial charge is 0.366 e. The molecular formula is C15H23FN2OS. The van der Waals surface area contributed by atoms with Crippen LogP contribution < -0.4 is 11.1 Å². The first-order chi connectivity index (χ1) is 9.48. The van der Waals surface area contributed by atoms with E-state index in [2.05, 4.69) is 25.4 Å². The normalized spacial score (nSPS) is 11.6. The fourth-order valence-corrected chi connectivity index (χ4v) is 2.97. The van der Waals surface area contributed by atoms with Gasteiger partial charge in [-0.2, -0.15) is 11.8 Å². The zero-order chi connectivity index (χ0) is 15.2. The maximum absolute atomic E-state index is 13.7. The molecule has 5 heteroatoms. The highest BCUT2D eigenvalue weighted by molar-refractivity contribution is 8.00. The van der Waals surface area contributed by atoms with Gasteiger partial charge in [0.05, 0.1) is 0 Å². The second kappa shape index (κ2) is 7.64. The molecule has 0 fully saturated rings. The zero-order valence-electron chi connectivity index (χ0n) is 12.3. The van der Waals surface area contributed by atoms with Gasteiger partial charge in [0.25, 0.3) is 0 Å². The molecule has 1 rings (SSSR count). The zero-order valence-corrected chi connectivity index (χ0v) is 13.1. The van der Waals surface area contributed by atoms with Crippen molar-refractivity contribution in [2.75, 3.05) is 12.8 Å². The standard InChI is InChI=1S/C15H23FN2OS/c1-4-15(5-2,20-3)10-18-9-12-8-11(14(17)19)6-7-13(12)16/h6-8,18H,4-5,9-10H2,1-3H3,(H2,17,19). The average molecular weight is 298 g/mol. The summed E-state index contributed by atoms with van der Waals surface area (Å²) in [6.45, 7) is 5.53. The van der Waals surface area contributed by atoms with Gasteiger partial charge in [-0.3, -0.25) is 4.79 Å². The van der Waals surface area contributed by atoms with Crippen molar-refractivity contribution in [3.63, 3.8) is 0 Å². The Bertz CT molecular complexity index is 453. The number of nitrogens with one attached hydrogen (secondary N) is 1. The maximum atomic E-state index is 13.7. The highest BCUT2D eigenvalue weighted by Gasteiger charge is 2.24. The van der Waals surface area contributed by atoms with Gasteiger partial charge in [0.2, 0.25) is 5.91 Å². The van der Waals surface area contributed by atoms with Gasteiger partial charge in [-0.25, -0.2) is 4.39 Å². The van der Waals surface area contributed by atoms with E-state index < -0.39 is 5.91 Å². The molecule has 3 N–H and O–H groups in total. The van der Waals surface area contributed by atoms with Crippen LogP contribution >= 0.6 is 11.8 Å². The predicted molar refractivity (Wildman–Crippen MR) is 83.5 cm³/mol. The van der Waals surface area contributed by atoms with Crippen molar-refractivity contribution in [1.82, 2.24) is 5.32 Å². The number of amides is 1. The third-order valence-corrected chi connectivity index (χ3v) is 5.40. The van der Waals surface area contributed by atoms with Crippen LogP contribution in [-0.2, 0) is 6.54 Å². The maximum Gasteiger partial charge on any atom is 0.248 e. The van der Waals surface area contributed by atoms with Gasteiger partial charge in [-0.1, -0.05) is 13.8 Å². The van der Waals surface area contributed by atoms with Crippen LogP contribution in [0.1, 0.15) is 42.6 Å². The highest BCUT2D eigenvalue weighted by Crippen LogP contribution is 2.29. The van der Waals surface area contributed by atoms with E-state index in [0.29, 0.717) is 17.7 Å². The molecule has 0 radical (unpaired) electrons. The number of primary amides is 1. The second-order valence-electron chi connectivity index (χ2n) is 4.87. The Morgan fingerprint density at radius 1 is 1.40 bits per heavy atom. The van der Waals surface area contributed by atoms with E-state index in [1.165, 1.54) is 18.2 Å². The van der Waals surface area contributed by atoms with E-state index in [-0.39, 0.29) is 10.6 Å². The second-order valence-corrected chi connectivity index (χ2v) is 6.14. The molecule has 0 unspecified atom stereocenters. The number of hydrogen-bond acceptors (Lipinski definition) is 3. The molecule has 112 valence electrons. The molecule has 1 amide bonds. The summed E-state index contributed by atoms with van der Waals surface area (Å²) in [5.41, 5.74) is 6.02. The molecule has 0 aliphatic carbocycles. The van der Waals surface area contributed by atoms with E-state index in [1.54, 1.807) is 0 Å². The van der Waals surface area contributed by atoms with Crippen LogP contribution in [0.2, 0.25) is 0 Å². The van der Waals surface area contributed by atoms with Gasteiger partial charge in [-0.05, 0) is 37.3 Å². The molecule has 0 saturated heterocycles. The van der Waals surface area contributed by atoms with E-state index >= 15 is 0 Å². The van der Waals surface area contributed by atoms with Gasteiger partial charge < -0.3 is 11.1 Å². The van der Waals surface area contributed by atoms with Crippen molar-refractivity contribution in [2.45, 2.75) is 38.0 Å². The van der Waals surface area contributed by atoms with Crippen LogP contribution in [0.5, 0.6) is 0 Å². The van der Waals surface area contributed by atoms with Gasteiger partial charge in [-0.15, -0.1) is 0 Å². The highest BCUT2D eigenvalue weighted by atomic mass is 32.2. The minimum atomic E-state index is -0.535. The van der Waals surface area contributed by atoms with Crippen LogP contribution in [0, 0.1) is 5.82 Å². The lowest BCUT2D eigenvalue weighted by atomic mass is 10.0. The summed E-state index contributed by atoms with van der Waals surface area (Å²) in [4.78, 5) is 11.1. The molecule has 0 aliphatic rings. The third-order valence-electron chi connectivity index (χ3n) is 3.81. The van der Waals surface area contributed by atoms with E-state index in [1.807, 2.05) is 11.8 Å². The lowest BCUT2D eigenvalue weighted by Gasteiger charge is -2.30. The minimum Gasteiger partial charge on any atom is -0.366 e. The monoisotopic (exact) mass is 298 g/mol. The van der Waals surface area contributed by atoms with Gasteiger partial charge in [0.1, 0.15) is 5.82 Å². The first kappa shape index (κ1) is 17.0. The number of carbonyl (C=O) groups excluding carboxylic acids is 1. The summed E-state index contributed by atoms with van der Waals surface area (Å²) in [7, 11) is 0. The molecule has 0 bridgehead atoms. The summed E-state index contributed by atoms with van der Waals surface area (Å²) in [6, 6.07) is 4.22. The molecular weight excluding hydrogens is 275 g/mol. The first-order valence-corrected chi connectivity index (χ1v) is 8.04. The SMILES string of the molecule is CCC(CC)(CNCc1cc(C(N)=O)ccc1F)SC. The number of hydrogen-bond donors (Lipinski definition) is 2. The van der Waals surface area contributed by atoms with Crippen LogP contribution in [0.3, 0.4) is 0 Å². The Balaban J connectivity index is 2.70. The van der Waals surface area contributed by atoms with Crippen molar-refractivity contribution in [3.8, 4) is 0 Å². The molecule has 0 aromatic heterocycles. The van der Waals surface area contributed by atoms with E-state index in [0.717, 1.165) is 19.4 Å². The number of rotatable bonds is 8. The Morgan fingerprint density at radius 3 is 2.55 bits per heavy atom. The fourth-order valence-electron chi connectivity index (χ4n) is 2.15. The molecule has 0 spiro atoms. The van der Waals surface area contributed by atoms with Gasteiger partial charge >= 0.3 is 0 Å². The Hall–Kier alpha value is -1.07. The molecule has 0 heterocycles. The predicted octanol–water partition coefficient (Wildman–Crippen LogP) is 2.94. The summed E-state index contributed by atoms with van der Waals surface area (Å²) in [5, 5.41) is 3.29. The summed E-state index contributed by atoms with van der Waals surface area (Å²) in [6.07, 6.45) is 4.21. The number of halogens is 1. The Morgan fingerprint density at radius 2 is 2.05 bits per heavy atom. The van der Waals surface area contributed by atoms with Crippen molar-refractivity contribution < 1.29 is 9.18 Å². The fraction of sp³-hybridized carbons (Fsp3) is 0.533. The van der Waals surface area contributed by atoms with Gasteiger partial charge in [0, 0.05) is 29.0 Å². The first-order valence-electron chi connectivity index (χ1n) is 6.82. The van der Waals surface area contributed by atoms with Crippen LogP contribution in [0.4, 0.5) is 4.39 Å². The number of carbonyl (C=O) groups is 1. The number of benzene rings is 1. The van der Waals surface area contributed by atoms with Crippen LogP contribution in [0.15, 0.2) is 18.2 Å². The van der Waals surface area contributed by atoms with Crippen molar-refractivity contribution >= 4 is 17.7 Å². The van der Waals surface area contributed by atoms with Crippen molar-refractivity contribution in [3.05, 3.63) is 35.1 Å². The van der Waals surface area contributed by atoms with Crippen LogP contribution in [0.25, 0.3) is 0 Å². The molecule has 20 heavy (non-hydrogen) atoms. The number of thioether (sulfide) groups is 1. The van der Waals surface area contributed by atoms with Crippen LogP contribution in [-0.4, -0.2) is 23.5 Å². The Kier molecular flexibility index (Phi) is 6.49. The summed E-state index contributed by atoms with van der Waals surface area (Å²) in [5.74, 6) is -0.850. The topological polar surface area (TPSA) is 55.1 Å². The molecule has 1 aromatic rings. The molecule has 3 nitrogen and oxygen atoms in total. The van der Waals surface area contributed by atoms with E-state index in [9.17, 15) is 9.18 Å². The summed E-state index contributed by atoms with van der Waals surface area (Å²) < 4.78 is 13.9. The van der Waals surface area contributed by atoms with Crippen molar-refractivity contribution in [1.29, 1.82) is 0 Å². The third kappa shape index (κ3) is 4.21. The smallest absolute Gasteiger partial charge is 0.248 e. The molecule has 0 atom stereocenters. The van der Waals surface area contributed by atoms with E-state index in [4.69, 9.17) is 5.73 Å². The Labute approximate surface area is 124 Å². The quantitative estimate of drug-likeness (QED) is 0.776.